The van der Waals surface area contributed by atoms with Crippen LogP contribution in [0.2, 0.25) is 0 Å². The second kappa shape index (κ2) is 6.06. The summed E-state index contributed by atoms with van der Waals surface area (Å²) in [6.07, 6.45) is -4.95. The number of likely N-dealkylation sites (tertiary alicyclic amines) is 1. The van der Waals surface area contributed by atoms with Crippen molar-refractivity contribution in [3.63, 3.8) is 0 Å². The van der Waals surface area contributed by atoms with Gasteiger partial charge in [0.1, 0.15) is 11.5 Å². The lowest BCUT2D eigenvalue weighted by molar-refractivity contribution is -0.228. The molecule has 1 aliphatic carbocycles. The fourth-order valence-corrected chi connectivity index (χ4v) is 3.44. The Morgan fingerprint density at radius 2 is 1.91 bits per heavy atom. The molecule has 2 aliphatic rings. The van der Waals surface area contributed by atoms with Gasteiger partial charge in [-0.05, 0) is 32.1 Å². The van der Waals surface area contributed by atoms with Gasteiger partial charge in [0.15, 0.2) is 0 Å². The number of alkyl halides is 3. The number of halogens is 3. The number of nitrogens with zero attached hydrogens (tertiary/aromatic N) is 1. The van der Waals surface area contributed by atoms with Crippen LogP contribution in [0.1, 0.15) is 32.1 Å². The van der Waals surface area contributed by atoms with Gasteiger partial charge in [-0.3, -0.25) is 4.79 Å². The predicted octanol–water partition coefficient (Wildman–Crippen LogP) is 1.90. The lowest BCUT2D eigenvalue weighted by atomic mass is 9.83. The van der Waals surface area contributed by atoms with E-state index in [1.807, 2.05) is 0 Å². The summed E-state index contributed by atoms with van der Waals surface area (Å²) in [5, 5.41) is 0. The Morgan fingerprint density at radius 1 is 1.23 bits per heavy atom. The third kappa shape index (κ3) is 2.68. The number of esters is 1. The van der Waals surface area contributed by atoms with E-state index in [1.165, 1.54) is 14.2 Å². The minimum atomic E-state index is -4.67. The van der Waals surface area contributed by atoms with Crippen LogP contribution in [0.25, 0.3) is 0 Å². The Bertz CT molecular complexity index is 454. The van der Waals surface area contributed by atoms with Crippen molar-refractivity contribution in [2.75, 3.05) is 20.8 Å². The van der Waals surface area contributed by atoms with E-state index >= 15 is 0 Å². The van der Waals surface area contributed by atoms with Crippen LogP contribution in [0, 0.1) is 5.41 Å². The zero-order valence-corrected chi connectivity index (χ0v) is 12.6. The van der Waals surface area contributed by atoms with Crippen molar-refractivity contribution in [1.29, 1.82) is 0 Å². The van der Waals surface area contributed by atoms with E-state index in [1.54, 1.807) is 0 Å². The van der Waals surface area contributed by atoms with E-state index in [-0.39, 0.29) is 19.4 Å². The summed E-state index contributed by atoms with van der Waals surface area (Å²) in [7, 11) is 2.51. The highest BCUT2D eigenvalue weighted by Crippen LogP contribution is 2.52. The highest BCUT2D eigenvalue weighted by molar-refractivity contribution is 5.89. The summed E-state index contributed by atoms with van der Waals surface area (Å²) in [6, 6.07) is -0.918. The molecule has 2 rings (SSSR count). The molecule has 1 amide bonds. The molecular weight excluding hydrogens is 303 g/mol. The minimum absolute atomic E-state index is 0.147. The molecule has 126 valence electrons. The van der Waals surface area contributed by atoms with Crippen LogP contribution < -0.4 is 0 Å². The Morgan fingerprint density at radius 3 is 2.41 bits per heavy atom. The van der Waals surface area contributed by atoms with Crippen LogP contribution in [0.5, 0.6) is 0 Å². The molecule has 3 unspecified atom stereocenters. The molecule has 0 aromatic heterocycles. The molecule has 8 heteroatoms. The van der Waals surface area contributed by atoms with Gasteiger partial charge in [-0.2, -0.15) is 13.2 Å². The molecule has 0 radical (unpaired) electrons. The van der Waals surface area contributed by atoms with Gasteiger partial charge in [0.25, 0.3) is 0 Å². The molecule has 5 nitrogen and oxygen atoms in total. The van der Waals surface area contributed by atoms with Gasteiger partial charge in [-0.25, -0.2) is 4.79 Å². The Hall–Kier alpha value is -1.31. The maximum atomic E-state index is 13.6. The number of carbonyl (C=O) groups is 2. The van der Waals surface area contributed by atoms with E-state index in [0.29, 0.717) is 12.8 Å². The van der Waals surface area contributed by atoms with Gasteiger partial charge in [0.2, 0.25) is 5.91 Å². The number of amides is 1. The zero-order valence-electron chi connectivity index (χ0n) is 12.6. The van der Waals surface area contributed by atoms with Crippen molar-refractivity contribution in [3.8, 4) is 0 Å². The fraction of sp³-hybridized carbons (Fsp3) is 0.857. The average molecular weight is 323 g/mol. The molecule has 1 aliphatic heterocycles. The summed E-state index contributed by atoms with van der Waals surface area (Å²) in [5.41, 5.74) is -2.45. The van der Waals surface area contributed by atoms with Crippen LogP contribution in [-0.2, 0) is 19.1 Å². The quantitative estimate of drug-likeness (QED) is 0.745. The SMILES string of the molecule is COC(=O)C1CCCN1C(=O)C1(C(F)(F)F)CCC(OC)C1. The first-order chi connectivity index (χ1) is 10.3. The topological polar surface area (TPSA) is 55.8 Å². The largest absolute Gasteiger partial charge is 0.467 e. The van der Waals surface area contributed by atoms with E-state index in [4.69, 9.17) is 4.74 Å². The monoisotopic (exact) mass is 323 g/mol. The molecule has 1 heterocycles. The van der Waals surface area contributed by atoms with E-state index in [0.717, 1.165) is 4.90 Å². The van der Waals surface area contributed by atoms with Crippen LogP contribution in [-0.4, -0.2) is 55.9 Å². The maximum Gasteiger partial charge on any atom is 0.403 e. The fourth-order valence-electron chi connectivity index (χ4n) is 3.44. The van der Waals surface area contributed by atoms with Gasteiger partial charge in [0.05, 0.1) is 13.2 Å². The summed E-state index contributed by atoms with van der Waals surface area (Å²) in [6.45, 7) is 0.147. The van der Waals surface area contributed by atoms with Crippen molar-refractivity contribution in [2.45, 2.75) is 50.4 Å². The molecule has 0 N–H and O–H groups in total. The molecule has 0 aromatic carbocycles. The zero-order chi connectivity index (χ0) is 16.5. The predicted molar refractivity (Wildman–Crippen MR) is 69.9 cm³/mol. The van der Waals surface area contributed by atoms with Gasteiger partial charge >= 0.3 is 12.1 Å². The van der Waals surface area contributed by atoms with Gasteiger partial charge in [0, 0.05) is 13.7 Å². The lowest BCUT2D eigenvalue weighted by Crippen LogP contribution is -2.54. The third-order valence-electron chi connectivity index (χ3n) is 4.74. The number of ether oxygens (including phenoxy) is 2. The van der Waals surface area contributed by atoms with E-state index in [9.17, 15) is 22.8 Å². The van der Waals surface area contributed by atoms with Crippen molar-refractivity contribution < 1.29 is 32.2 Å². The first-order valence-corrected chi connectivity index (χ1v) is 7.25. The van der Waals surface area contributed by atoms with Gasteiger partial charge < -0.3 is 14.4 Å². The Kier molecular flexibility index (Phi) is 4.70. The van der Waals surface area contributed by atoms with Crippen molar-refractivity contribution in [2.24, 2.45) is 5.41 Å². The first kappa shape index (κ1) is 17.1. The van der Waals surface area contributed by atoms with Crippen LogP contribution in [0.15, 0.2) is 0 Å². The Labute approximate surface area is 126 Å². The van der Waals surface area contributed by atoms with E-state index < -0.39 is 42.0 Å². The van der Waals surface area contributed by atoms with E-state index in [2.05, 4.69) is 4.74 Å². The molecule has 2 fully saturated rings. The van der Waals surface area contributed by atoms with Crippen LogP contribution in [0.3, 0.4) is 0 Å². The standard InChI is InChI=1S/C14H20F3NO4/c1-21-9-5-6-13(8-9,14(15,16)17)12(20)18-7-3-4-10(18)11(19)22-2/h9-10H,3-8H2,1-2H3. The third-order valence-corrected chi connectivity index (χ3v) is 4.74. The maximum absolute atomic E-state index is 13.6. The molecule has 0 bridgehead atoms. The lowest BCUT2D eigenvalue weighted by Gasteiger charge is -2.36. The van der Waals surface area contributed by atoms with Crippen LogP contribution in [0.4, 0.5) is 13.2 Å². The molecule has 0 aromatic rings. The number of rotatable bonds is 3. The molecular formula is C14H20F3NO4. The van der Waals surface area contributed by atoms with Gasteiger partial charge in [-0.1, -0.05) is 0 Å². The summed E-state index contributed by atoms with van der Waals surface area (Å²) in [5.74, 6) is -1.68. The van der Waals surface area contributed by atoms with Crippen molar-refractivity contribution in [3.05, 3.63) is 0 Å². The molecule has 1 saturated carbocycles. The van der Waals surface area contributed by atoms with Crippen molar-refractivity contribution in [1.82, 2.24) is 4.90 Å². The number of carbonyl (C=O) groups excluding carboxylic acids is 2. The van der Waals surface area contributed by atoms with Crippen molar-refractivity contribution >= 4 is 11.9 Å². The summed E-state index contributed by atoms with van der Waals surface area (Å²) < 4.78 is 50.5. The second-order valence-corrected chi connectivity index (χ2v) is 5.86. The summed E-state index contributed by atoms with van der Waals surface area (Å²) >= 11 is 0. The van der Waals surface area contributed by atoms with Gasteiger partial charge in [-0.15, -0.1) is 0 Å². The highest BCUT2D eigenvalue weighted by Gasteiger charge is 2.65. The highest BCUT2D eigenvalue weighted by atomic mass is 19.4. The number of methoxy groups -OCH3 is 2. The number of hydrogen-bond acceptors (Lipinski definition) is 4. The smallest absolute Gasteiger partial charge is 0.403 e. The average Bonchev–Trinajstić information content (AvgIpc) is 3.12. The van der Waals surface area contributed by atoms with Crippen LogP contribution >= 0.6 is 0 Å². The summed E-state index contributed by atoms with van der Waals surface area (Å²) in [4.78, 5) is 25.4. The molecule has 3 atom stereocenters. The Balaban J connectivity index is 2.29. The normalized spacial score (nSPS) is 32.3. The molecule has 0 spiro atoms. The molecule has 22 heavy (non-hydrogen) atoms. The second-order valence-electron chi connectivity index (χ2n) is 5.86. The number of hydrogen-bond donors (Lipinski definition) is 0. The first-order valence-electron chi connectivity index (χ1n) is 7.25. The minimum Gasteiger partial charge on any atom is -0.467 e. The molecule has 1 saturated heterocycles.